The Morgan fingerprint density at radius 2 is 2.05 bits per heavy atom. The Morgan fingerprint density at radius 3 is 2.71 bits per heavy atom. The number of anilines is 1. The van der Waals surface area contributed by atoms with Gasteiger partial charge in [-0.25, -0.2) is 0 Å². The standard InChI is InChI=1S/C15H20ClN3O2/c1-17-15(21)11-2-3-12(16)13(9-11)19-14(20)8-10-4-6-18-7-5-10/h2-3,9-10,18H,4-8H2,1H3,(H,17,21)(H,19,20). The van der Waals surface area contributed by atoms with Crippen LogP contribution in [0.15, 0.2) is 18.2 Å². The molecule has 0 aliphatic carbocycles. The van der Waals surface area contributed by atoms with Crippen molar-refractivity contribution in [1.29, 1.82) is 0 Å². The number of rotatable bonds is 4. The van der Waals surface area contributed by atoms with Crippen LogP contribution < -0.4 is 16.0 Å². The van der Waals surface area contributed by atoms with E-state index in [1.54, 1.807) is 25.2 Å². The van der Waals surface area contributed by atoms with Gasteiger partial charge in [0.25, 0.3) is 5.91 Å². The Bertz CT molecular complexity index is 528. The minimum absolute atomic E-state index is 0.0575. The average Bonchev–Trinajstić information content (AvgIpc) is 2.49. The Morgan fingerprint density at radius 1 is 1.33 bits per heavy atom. The van der Waals surface area contributed by atoms with Gasteiger partial charge in [-0.2, -0.15) is 0 Å². The maximum atomic E-state index is 12.1. The number of halogens is 1. The maximum absolute atomic E-state index is 12.1. The minimum atomic E-state index is -0.208. The van der Waals surface area contributed by atoms with E-state index in [1.165, 1.54) is 0 Å². The van der Waals surface area contributed by atoms with Crippen molar-refractivity contribution in [2.24, 2.45) is 5.92 Å². The predicted octanol–water partition coefficient (Wildman–Crippen LogP) is 2.03. The monoisotopic (exact) mass is 309 g/mol. The first-order valence-corrected chi connectivity index (χ1v) is 7.50. The molecular weight excluding hydrogens is 290 g/mol. The summed E-state index contributed by atoms with van der Waals surface area (Å²) < 4.78 is 0. The molecule has 1 saturated heterocycles. The van der Waals surface area contributed by atoms with Gasteiger partial charge in [0.05, 0.1) is 10.7 Å². The third kappa shape index (κ3) is 4.44. The number of hydrogen-bond donors (Lipinski definition) is 3. The van der Waals surface area contributed by atoms with Crippen molar-refractivity contribution >= 4 is 29.1 Å². The zero-order valence-corrected chi connectivity index (χ0v) is 12.8. The zero-order valence-electron chi connectivity index (χ0n) is 12.0. The van der Waals surface area contributed by atoms with Gasteiger partial charge in [-0.3, -0.25) is 9.59 Å². The van der Waals surface area contributed by atoms with Gasteiger partial charge in [-0.05, 0) is 50.0 Å². The van der Waals surface area contributed by atoms with Gasteiger partial charge in [0.1, 0.15) is 0 Å². The fourth-order valence-corrected chi connectivity index (χ4v) is 2.62. The largest absolute Gasteiger partial charge is 0.355 e. The lowest BCUT2D eigenvalue weighted by atomic mass is 9.94. The van der Waals surface area contributed by atoms with Crippen LogP contribution >= 0.6 is 11.6 Å². The van der Waals surface area contributed by atoms with E-state index in [9.17, 15) is 9.59 Å². The molecule has 114 valence electrons. The van der Waals surface area contributed by atoms with Crippen LogP contribution in [0.5, 0.6) is 0 Å². The highest BCUT2D eigenvalue weighted by Gasteiger charge is 2.17. The highest BCUT2D eigenvalue weighted by atomic mass is 35.5. The van der Waals surface area contributed by atoms with Crippen molar-refractivity contribution < 1.29 is 9.59 Å². The molecule has 0 bridgehead atoms. The number of piperidine rings is 1. The van der Waals surface area contributed by atoms with E-state index in [1.807, 2.05) is 0 Å². The second-order valence-electron chi connectivity index (χ2n) is 5.22. The van der Waals surface area contributed by atoms with Crippen molar-refractivity contribution in [3.63, 3.8) is 0 Å². The van der Waals surface area contributed by atoms with Gasteiger partial charge in [-0.1, -0.05) is 11.6 Å². The van der Waals surface area contributed by atoms with Gasteiger partial charge in [0, 0.05) is 19.0 Å². The Balaban J connectivity index is 2.00. The molecule has 2 amide bonds. The van der Waals surface area contributed by atoms with E-state index in [4.69, 9.17) is 11.6 Å². The number of carbonyl (C=O) groups is 2. The van der Waals surface area contributed by atoms with Crippen LogP contribution in [0.25, 0.3) is 0 Å². The lowest BCUT2D eigenvalue weighted by Gasteiger charge is -2.22. The van der Waals surface area contributed by atoms with E-state index >= 15 is 0 Å². The summed E-state index contributed by atoms with van der Waals surface area (Å²) in [5, 5.41) is 9.06. The molecule has 0 aromatic heterocycles. The molecule has 0 spiro atoms. The molecule has 3 N–H and O–H groups in total. The van der Waals surface area contributed by atoms with Crippen LogP contribution in [0.2, 0.25) is 5.02 Å². The second-order valence-corrected chi connectivity index (χ2v) is 5.63. The van der Waals surface area contributed by atoms with E-state index in [2.05, 4.69) is 16.0 Å². The Hall–Kier alpha value is -1.59. The summed E-state index contributed by atoms with van der Waals surface area (Å²) >= 11 is 6.07. The first-order chi connectivity index (χ1) is 10.1. The molecule has 0 unspecified atom stereocenters. The van der Waals surface area contributed by atoms with Crippen LogP contribution in [0.3, 0.4) is 0 Å². The average molecular weight is 310 g/mol. The second kappa shape index (κ2) is 7.43. The summed E-state index contributed by atoms with van der Waals surface area (Å²) in [7, 11) is 1.56. The quantitative estimate of drug-likeness (QED) is 0.797. The molecule has 5 nitrogen and oxygen atoms in total. The molecule has 1 aliphatic rings. The van der Waals surface area contributed by atoms with Crippen molar-refractivity contribution in [3.8, 4) is 0 Å². The molecule has 1 heterocycles. The van der Waals surface area contributed by atoms with Gasteiger partial charge in [-0.15, -0.1) is 0 Å². The molecule has 1 aromatic rings. The van der Waals surface area contributed by atoms with Crippen molar-refractivity contribution in [3.05, 3.63) is 28.8 Å². The maximum Gasteiger partial charge on any atom is 0.251 e. The summed E-state index contributed by atoms with van der Waals surface area (Å²) in [4.78, 5) is 23.7. The highest BCUT2D eigenvalue weighted by Crippen LogP contribution is 2.24. The van der Waals surface area contributed by atoms with Crippen LogP contribution in [0.4, 0.5) is 5.69 Å². The highest BCUT2D eigenvalue weighted by molar-refractivity contribution is 6.33. The molecule has 1 fully saturated rings. The normalized spacial score (nSPS) is 15.5. The number of carbonyl (C=O) groups excluding carboxylic acids is 2. The summed E-state index contributed by atoms with van der Waals surface area (Å²) in [6, 6.07) is 4.84. The summed E-state index contributed by atoms with van der Waals surface area (Å²) in [6.07, 6.45) is 2.51. The van der Waals surface area contributed by atoms with Crippen molar-refractivity contribution in [1.82, 2.24) is 10.6 Å². The van der Waals surface area contributed by atoms with Gasteiger partial charge >= 0.3 is 0 Å². The number of amides is 2. The van der Waals surface area contributed by atoms with Crippen LogP contribution in [-0.4, -0.2) is 32.0 Å². The third-order valence-corrected chi connectivity index (χ3v) is 3.99. The first-order valence-electron chi connectivity index (χ1n) is 7.12. The number of hydrogen-bond acceptors (Lipinski definition) is 3. The molecule has 0 radical (unpaired) electrons. The minimum Gasteiger partial charge on any atom is -0.355 e. The number of benzene rings is 1. The van der Waals surface area contributed by atoms with Gasteiger partial charge in [0.15, 0.2) is 0 Å². The lowest BCUT2D eigenvalue weighted by molar-refractivity contribution is -0.117. The predicted molar refractivity (Wildman–Crippen MR) is 83.7 cm³/mol. The molecule has 21 heavy (non-hydrogen) atoms. The summed E-state index contributed by atoms with van der Waals surface area (Å²) in [5.74, 6) is 0.144. The van der Waals surface area contributed by atoms with Crippen molar-refractivity contribution in [2.75, 3.05) is 25.5 Å². The number of nitrogens with one attached hydrogen (secondary N) is 3. The lowest BCUT2D eigenvalue weighted by Crippen LogP contribution is -2.30. The van der Waals surface area contributed by atoms with Gasteiger partial charge < -0.3 is 16.0 Å². The van der Waals surface area contributed by atoms with E-state index in [0.29, 0.717) is 28.6 Å². The Labute approximate surface area is 129 Å². The smallest absolute Gasteiger partial charge is 0.251 e. The van der Waals surface area contributed by atoms with Crippen LogP contribution in [0, 0.1) is 5.92 Å². The molecular formula is C15H20ClN3O2. The first kappa shape index (κ1) is 15.8. The molecule has 6 heteroatoms. The van der Waals surface area contributed by atoms with Gasteiger partial charge in [0.2, 0.25) is 5.91 Å². The van der Waals surface area contributed by atoms with Crippen molar-refractivity contribution in [2.45, 2.75) is 19.3 Å². The SMILES string of the molecule is CNC(=O)c1ccc(Cl)c(NC(=O)CC2CCNCC2)c1. The zero-order chi connectivity index (χ0) is 15.2. The van der Waals surface area contributed by atoms with E-state index in [0.717, 1.165) is 25.9 Å². The van der Waals surface area contributed by atoms with E-state index in [-0.39, 0.29) is 11.8 Å². The van der Waals surface area contributed by atoms with Crippen LogP contribution in [-0.2, 0) is 4.79 Å². The summed E-state index contributed by atoms with van der Waals surface area (Å²) in [5.41, 5.74) is 0.954. The summed E-state index contributed by atoms with van der Waals surface area (Å²) in [6.45, 7) is 1.93. The Kier molecular flexibility index (Phi) is 5.59. The van der Waals surface area contributed by atoms with E-state index < -0.39 is 0 Å². The molecule has 1 aromatic carbocycles. The molecule has 1 aliphatic heterocycles. The topological polar surface area (TPSA) is 70.2 Å². The fraction of sp³-hybridized carbons (Fsp3) is 0.467. The third-order valence-electron chi connectivity index (χ3n) is 3.66. The molecule has 0 saturated carbocycles. The fourth-order valence-electron chi connectivity index (χ4n) is 2.46. The molecule has 0 atom stereocenters. The van der Waals surface area contributed by atoms with Crippen LogP contribution in [0.1, 0.15) is 29.6 Å². The molecule has 2 rings (SSSR count).